The van der Waals surface area contributed by atoms with Crippen LogP contribution in [0.1, 0.15) is 20.7 Å². The van der Waals surface area contributed by atoms with E-state index in [4.69, 9.17) is 19.3 Å². The van der Waals surface area contributed by atoms with E-state index in [1.54, 1.807) is 0 Å². The van der Waals surface area contributed by atoms with Crippen molar-refractivity contribution < 1.29 is 36.6 Å². The maximum Gasteiger partial charge on any atom is 0.342 e. The van der Waals surface area contributed by atoms with Crippen LogP contribution in [0, 0.1) is 5.82 Å². The standard InChI is InChI=1S/C17H16FNO7S/c1-24-15-6-4-11(27(19,22)23)8-12(15)17(21)26-9-14(20)10-3-5-16(25-2)13(18)7-10/h3-8H,9H2,1-2H3,(H2,19,22,23). The summed E-state index contributed by atoms with van der Waals surface area (Å²) in [6, 6.07) is 6.92. The van der Waals surface area contributed by atoms with Crippen LogP contribution in [0.3, 0.4) is 0 Å². The Morgan fingerprint density at radius 2 is 1.67 bits per heavy atom. The Labute approximate surface area is 154 Å². The van der Waals surface area contributed by atoms with Gasteiger partial charge in [0.2, 0.25) is 10.0 Å². The summed E-state index contributed by atoms with van der Waals surface area (Å²) in [6.07, 6.45) is 0. The summed E-state index contributed by atoms with van der Waals surface area (Å²) in [4.78, 5) is 24.0. The average molecular weight is 397 g/mol. The monoisotopic (exact) mass is 397 g/mol. The molecule has 0 aliphatic carbocycles. The van der Waals surface area contributed by atoms with Crippen molar-refractivity contribution in [1.29, 1.82) is 0 Å². The van der Waals surface area contributed by atoms with Crippen molar-refractivity contribution in [2.24, 2.45) is 5.14 Å². The number of esters is 1. The first kappa shape index (κ1) is 20.3. The molecule has 0 fully saturated rings. The number of methoxy groups -OCH3 is 2. The molecule has 8 nitrogen and oxygen atoms in total. The van der Waals surface area contributed by atoms with Gasteiger partial charge in [0, 0.05) is 5.56 Å². The summed E-state index contributed by atoms with van der Waals surface area (Å²) in [5.74, 6) is -2.40. The second-order valence-electron chi connectivity index (χ2n) is 5.26. The lowest BCUT2D eigenvalue weighted by atomic mass is 10.1. The zero-order valence-electron chi connectivity index (χ0n) is 14.4. The third-order valence-corrected chi connectivity index (χ3v) is 4.44. The minimum atomic E-state index is -4.05. The lowest BCUT2D eigenvalue weighted by molar-refractivity contribution is 0.0471. The molecule has 0 atom stereocenters. The fourth-order valence-corrected chi connectivity index (χ4v) is 2.70. The van der Waals surface area contributed by atoms with Crippen LogP contribution in [0.2, 0.25) is 0 Å². The number of Topliss-reactive ketones (excluding diaryl/α,β-unsaturated/α-hetero) is 1. The first-order valence-electron chi connectivity index (χ1n) is 7.42. The minimum absolute atomic E-state index is 0.0219. The first-order chi connectivity index (χ1) is 12.7. The number of carbonyl (C=O) groups excluding carboxylic acids is 2. The topological polar surface area (TPSA) is 122 Å². The predicted octanol–water partition coefficient (Wildman–Crippen LogP) is 1.53. The Morgan fingerprint density at radius 1 is 1.04 bits per heavy atom. The summed E-state index contributed by atoms with van der Waals surface area (Å²) in [7, 11) is -1.50. The quantitative estimate of drug-likeness (QED) is 0.555. The largest absolute Gasteiger partial charge is 0.496 e. The van der Waals surface area contributed by atoms with Crippen LogP contribution >= 0.6 is 0 Å². The number of sulfonamides is 1. The normalized spacial score (nSPS) is 11.0. The molecule has 2 aromatic rings. The van der Waals surface area contributed by atoms with Gasteiger partial charge in [-0.25, -0.2) is 22.7 Å². The molecule has 0 bridgehead atoms. The zero-order chi connectivity index (χ0) is 20.2. The van der Waals surface area contributed by atoms with Crippen molar-refractivity contribution in [2.75, 3.05) is 20.8 Å². The van der Waals surface area contributed by atoms with E-state index >= 15 is 0 Å². The molecule has 0 heterocycles. The third-order valence-electron chi connectivity index (χ3n) is 3.53. The molecular formula is C17H16FNO7S. The zero-order valence-corrected chi connectivity index (χ0v) is 15.2. The number of carbonyl (C=O) groups is 2. The number of rotatable bonds is 7. The van der Waals surface area contributed by atoms with Crippen molar-refractivity contribution in [3.8, 4) is 11.5 Å². The number of benzene rings is 2. The summed E-state index contributed by atoms with van der Waals surface area (Å²) in [5, 5.41) is 5.03. The van der Waals surface area contributed by atoms with E-state index in [0.29, 0.717) is 0 Å². The van der Waals surface area contributed by atoms with Crippen LogP contribution < -0.4 is 14.6 Å². The number of hydrogen-bond donors (Lipinski definition) is 1. The molecule has 2 aromatic carbocycles. The van der Waals surface area contributed by atoms with Gasteiger partial charge in [-0.3, -0.25) is 4.79 Å². The lowest BCUT2D eigenvalue weighted by Crippen LogP contribution is -2.17. The molecule has 0 radical (unpaired) electrons. The fourth-order valence-electron chi connectivity index (χ4n) is 2.16. The van der Waals surface area contributed by atoms with Crippen LogP contribution in [-0.4, -0.2) is 41.0 Å². The van der Waals surface area contributed by atoms with Gasteiger partial charge >= 0.3 is 5.97 Å². The maximum atomic E-state index is 13.7. The van der Waals surface area contributed by atoms with Crippen LogP contribution in [0.25, 0.3) is 0 Å². The molecule has 0 aliphatic rings. The number of ketones is 1. The molecule has 2 N–H and O–H groups in total. The minimum Gasteiger partial charge on any atom is -0.496 e. The molecule has 0 unspecified atom stereocenters. The fraction of sp³-hybridized carbons (Fsp3) is 0.176. The molecule has 27 heavy (non-hydrogen) atoms. The van der Waals surface area contributed by atoms with Gasteiger partial charge in [-0.05, 0) is 36.4 Å². The number of hydrogen-bond acceptors (Lipinski definition) is 7. The van der Waals surface area contributed by atoms with Gasteiger partial charge in [0.1, 0.15) is 11.3 Å². The Bertz CT molecular complexity index is 989. The molecule has 0 saturated heterocycles. The molecule has 0 spiro atoms. The smallest absolute Gasteiger partial charge is 0.342 e. The molecular weight excluding hydrogens is 381 g/mol. The predicted molar refractivity (Wildman–Crippen MR) is 91.9 cm³/mol. The van der Waals surface area contributed by atoms with Gasteiger partial charge in [0.25, 0.3) is 0 Å². The highest BCUT2D eigenvalue weighted by molar-refractivity contribution is 7.89. The van der Waals surface area contributed by atoms with Crippen molar-refractivity contribution >= 4 is 21.8 Å². The van der Waals surface area contributed by atoms with Crippen LogP contribution in [0.5, 0.6) is 11.5 Å². The van der Waals surface area contributed by atoms with E-state index in [0.717, 1.165) is 18.2 Å². The second-order valence-corrected chi connectivity index (χ2v) is 6.82. The molecule has 10 heteroatoms. The van der Waals surface area contributed by atoms with Crippen LogP contribution in [0.4, 0.5) is 4.39 Å². The van der Waals surface area contributed by atoms with E-state index < -0.39 is 34.2 Å². The highest BCUT2D eigenvalue weighted by Crippen LogP contribution is 2.23. The maximum absolute atomic E-state index is 13.7. The number of nitrogens with two attached hydrogens (primary N) is 1. The van der Waals surface area contributed by atoms with Crippen LogP contribution in [-0.2, 0) is 14.8 Å². The van der Waals surface area contributed by atoms with Gasteiger partial charge < -0.3 is 14.2 Å². The highest BCUT2D eigenvalue weighted by atomic mass is 32.2. The van der Waals surface area contributed by atoms with Crippen LogP contribution in [0.15, 0.2) is 41.3 Å². The Morgan fingerprint density at radius 3 is 2.22 bits per heavy atom. The lowest BCUT2D eigenvalue weighted by Gasteiger charge is -2.10. The number of ether oxygens (including phenoxy) is 3. The third kappa shape index (κ3) is 4.80. The van der Waals surface area contributed by atoms with Gasteiger partial charge in [0.15, 0.2) is 24.0 Å². The highest BCUT2D eigenvalue weighted by Gasteiger charge is 2.20. The SMILES string of the molecule is COc1ccc(C(=O)COC(=O)c2cc(S(N)(=O)=O)ccc2OC)cc1F. The average Bonchev–Trinajstić information content (AvgIpc) is 2.64. The number of halogens is 1. The van der Waals surface area contributed by atoms with E-state index in [2.05, 4.69) is 0 Å². The molecule has 0 aliphatic heterocycles. The molecule has 0 amide bonds. The van der Waals surface area contributed by atoms with Gasteiger partial charge in [0.05, 0.1) is 19.1 Å². The Hall–Kier alpha value is -2.98. The summed E-state index contributed by atoms with van der Waals surface area (Å²) in [6.45, 7) is -0.687. The Balaban J connectivity index is 2.17. The molecule has 2 rings (SSSR count). The van der Waals surface area contributed by atoms with Gasteiger partial charge in [-0.1, -0.05) is 0 Å². The summed E-state index contributed by atoms with van der Waals surface area (Å²) in [5.41, 5.74) is -0.246. The van der Waals surface area contributed by atoms with Crippen molar-refractivity contribution in [3.63, 3.8) is 0 Å². The van der Waals surface area contributed by atoms with Gasteiger partial charge in [-0.15, -0.1) is 0 Å². The van der Waals surface area contributed by atoms with E-state index in [1.807, 2.05) is 0 Å². The summed E-state index contributed by atoms with van der Waals surface area (Å²) >= 11 is 0. The molecule has 0 saturated carbocycles. The number of primary sulfonamides is 1. The first-order valence-corrected chi connectivity index (χ1v) is 8.96. The van der Waals surface area contributed by atoms with Gasteiger partial charge in [-0.2, -0.15) is 0 Å². The Kier molecular flexibility index (Phi) is 6.13. The van der Waals surface area contributed by atoms with E-state index in [9.17, 15) is 22.4 Å². The van der Waals surface area contributed by atoms with E-state index in [-0.39, 0.29) is 27.5 Å². The van der Waals surface area contributed by atoms with E-state index in [1.165, 1.54) is 32.4 Å². The second kappa shape index (κ2) is 8.14. The molecule has 0 aromatic heterocycles. The molecule has 144 valence electrons. The summed E-state index contributed by atoms with van der Waals surface area (Å²) < 4.78 is 51.1. The van der Waals surface area contributed by atoms with Crippen molar-refractivity contribution in [2.45, 2.75) is 4.90 Å². The van der Waals surface area contributed by atoms with Crippen molar-refractivity contribution in [1.82, 2.24) is 0 Å². The van der Waals surface area contributed by atoms with Crippen molar-refractivity contribution in [3.05, 3.63) is 53.3 Å².